The number of anilines is 1. The molecule has 2 rings (SSSR count). The monoisotopic (exact) mass is 314 g/mol. The number of benzene rings is 1. The first-order valence-corrected chi connectivity index (χ1v) is 8.58. The maximum absolute atomic E-state index is 6.41. The molecule has 1 aliphatic rings. The lowest BCUT2D eigenvalue weighted by Crippen LogP contribution is -2.40. The third-order valence-corrected chi connectivity index (χ3v) is 5.08. The Balaban J connectivity index is 1.97. The Morgan fingerprint density at radius 2 is 2.35 bits per heavy atom. The molecule has 3 nitrogen and oxygen atoms in total. The minimum atomic E-state index is 0.579. The van der Waals surface area contributed by atoms with Crippen molar-refractivity contribution in [3.05, 3.63) is 28.8 Å². The summed E-state index contributed by atoms with van der Waals surface area (Å²) >= 11 is 8.43. The van der Waals surface area contributed by atoms with Crippen LogP contribution in [0.15, 0.2) is 18.2 Å². The average molecular weight is 315 g/mol. The van der Waals surface area contributed by atoms with Gasteiger partial charge >= 0.3 is 0 Å². The molecule has 0 aliphatic carbocycles. The van der Waals surface area contributed by atoms with Crippen LogP contribution in [0.25, 0.3) is 0 Å². The predicted molar refractivity (Wildman–Crippen MR) is 89.2 cm³/mol. The molecule has 0 bridgehead atoms. The van der Waals surface area contributed by atoms with E-state index in [9.17, 15) is 0 Å². The van der Waals surface area contributed by atoms with E-state index in [2.05, 4.69) is 35.3 Å². The van der Waals surface area contributed by atoms with Crippen molar-refractivity contribution in [1.29, 1.82) is 0 Å². The molecule has 112 valence electrons. The van der Waals surface area contributed by atoms with E-state index < -0.39 is 0 Å². The lowest BCUT2D eigenvalue weighted by atomic mass is 10.1. The van der Waals surface area contributed by atoms with Gasteiger partial charge in [0, 0.05) is 55.0 Å². The smallest absolute Gasteiger partial charge is 0.0587 e. The van der Waals surface area contributed by atoms with E-state index in [1.54, 1.807) is 7.11 Å². The topological polar surface area (TPSA) is 24.5 Å². The summed E-state index contributed by atoms with van der Waals surface area (Å²) in [6.07, 6.45) is 0. The molecule has 1 unspecified atom stereocenters. The van der Waals surface area contributed by atoms with Crippen LogP contribution in [0, 0.1) is 0 Å². The van der Waals surface area contributed by atoms with Crippen LogP contribution in [0.5, 0.6) is 0 Å². The quantitative estimate of drug-likeness (QED) is 0.816. The first-order chi connectivity index (χ1) is 9.72. The van der Waals surface area contributed by atoms with Crippen molar-refractivity contribution in [1.82, 2.24) is 5.32 Å². The molecule has 1 aromatic rings. The molecule has 0 spiro atoms. The van der Waals surface area contributed by atoms with E-state index >= 15 is 0 Å². The highest BCUT2D eigenvalue weighted by atomic mass is 35.5. The van der Waals surface area contributed by atoms with Gasteiger partial charge in [-0.05, 0) is 24.6 Å². The SMILES string of the molecule is COCCNCc1ccc(N2CCSCC2C)cc1Cl. The Bertz CT molecular complexity index is 430. The van der Waals surface area contributed by atoms with Gasteiger partial charge in [-0.3, -0.25) is 0 Å². The van der Waals surface area contributed by atoms with E-state index in [1.807, 2.05) is 11.8 Å². The summed E-state index contributed by atoms with van der Waals surface area (Å²) in [6.45, 7) is 5.73. The summed E-state index contributed by atoms with van der Waals surface area (Å²) < 4.78 is 5.02. The summed E-state index contributed by atoms with van der Waals surface area (Å²) in [5, 5.41) is 4.17. The van der Waals surface area contributed by atoms with Gasteiger partial charge < -0.3 is 15.0 Å². The Labute approximate surface area is 131 Å². The van der Waals surface area contributed by atoms with Gasteiger partial charge in [0.05, 0.1) is 6.61 Å². The van der Waals surface area contributed by atoms with Crippen LogP contribution in [-0.4, -0.2) is 44.4 Å². The van der Waals surface area contributed by atoms with Crippen LogP contribution < -0.4 is 10.2 Å². The Morgan fingerprint density at radius 3 is 3.05 bits per heavy atom. The zero-order valence-electron chi connectivity index (χ0n) is 12.2. The van der Waals surface area contributed by atoms with Gasteiger partial charge in [0.25, 0.3) is 0 Å². The van der Waals surface area contributed by atoms with Crippen molar-refractivity contribution in [3.8, 4) is 0 Å². The fourth-order valence-corrected chi connectivity index (χ4v) is 3.62. The standard InChI is InChI=1S/C15H23ClN2OS/c1-12-11-20-8-6-18(12)14-4-3-13(15(16)9-14)10-17-5-7-19-2/h3-4,9,12,17H,5-8,10-11H2,1-2H3. The second-order valence-corrected chi connectivity index (χ2v) is 6.62. The largest absolute Gasteiger partial charge is 0.383 e. The number of nitrogens with one attached hydrogen (secondary N) is 1. The van der Waals surface area contributed by atoms with Gasteiger partial charge in [0.1, 0.15) is 0 Å². The molecule has 1 fully saturated rings. The zero-order chi connectivity index (χ0) is 14.4. The zero-order valence-corrected chi connectivity index (χ0v) is 13.8. The van der Waals surface area contributed by atoms with Crippen LogP contribution in [-0.2, 0) is 11.3 Å². The van der Waals surface area contributed by atoms with Crippen molar-refractivity contribution in [3.63, 3.8) is 0 Å². The molecule has 1 aliphatic heterocycles. The van der Waals surface area contributed by atoms with E-state index in [1.165, 1.54) is 17.2 Å². The average Bonchev–Trinajstić information content (AvgIpc) is 2.45. The number of nitrogens with zero attached hydrogens (tertiary/aromatic N) is 1. The molecule has 0 aromatic heterocycles. The van der Waals surface area contributed by atoms with E-state index in [0.717, 1.165) is 36.8 Å². The molecule has 1 saturated heterocycles. The van der Waals surface area contributed by atoms with Crippen molar-refractivity contribution < 1.29 is 4.74 Å². The lowest BCUT2D eigenvalue weighted by Gasteiger charge is -2.35. The van der Waals surface area contributed by atoms with E-state index in [0.29, 0.717) is 6.04 Å². The molecule has 0 saturated carbocycles. The minimum absolute atomic E-state index is 0.579. The van der Waals surface area contributed by atoms with Crippen LogP contribution in [0.3, 0.4) is 0 Å². The highest BCUT2D eigenvalue weighted by Crippen LogP contribution is 2.28. The van der Waals surface area contributed by atoms with Crippen molar-refractivity contribution in [2.45, 2.75) is 19.5 Å². The summed E-state index contributed by atoms with van der Waals surface area (Å²) in [5.74, 6) is 2.39. The summed E-state index contributed by atoms with van der Waals surface area (Å²) in [4.78, 5) is 2.45. The van der Waals surface area contributed by atoms with Gasteiger partial charge in [-0.25, -0.2) is 0 Å². The highest BCUT2D eigenvalue weighted by molar-refractivity contribution is 7.99. The molecular weight excluding hydrogens is 292 g/mol. The van der Waals surface area contributed by atoms with Crippen molar-refractivity contribution in [2.75, 3.05) is 43.2 Å². The van der Waals surface area contributed by atoms with Crippen molar-refractivity contribution in [2.24, 2.45) is 0 Å². The molecule has 5 heteroatoms. The Hall–Kier alpha value is -0.420. The molecule has 1 N–H and O–H groups in total. The second kappa shape index (κ2) is 8.13. The molecule has 1 atom stereocenters. The number of thioether (sulfide) groups is 1. The second-order valence-electron chi connectivity index (χ2n) is 5.06. The van der Waals surface area contributed by atoms with Crippen LogP contribution >= 0.6 is 23.4 Å². The molecule has 1 aromatic carbocycles. The Morgan fingerprint density at radius 1 is 1.50 bits per heavy atom. The van der Waals surface area contributed by atoms with Gasteiger partial charge in [0.2, 0.25) is 0 Å². The third-order valence-electron chi connectivity index (χ3n) is 3.53. The summed E-state index contributed by atoms with van der Waals surface area (Å²) in [5.41, 5.74) is 2.38. The summed E-state index contributed by atoms with van der Waals surface area (Å²) in [6, 6.07) is 6.99. The molecule has 1 heterocycles. The first kappa shape index (κ1) is 16.0. The number of ether oxygens (including phenoxy) is 1. The number of rotatable bonds is 6. The van der Waals surface area contributed by atoms with Gasteiger partial charge in [-0.1, -0.05) is 17.7 Å². The number of halogens is 1. The predicted octanol–water partition coefficient (Wildman–Crippen LogP) is 3.02. The molecule has 20 heavy (non-hydrogen) atoms. The Kier molecular flexibility index (Phi) is 6.49. The number of methoxy groups -OCH3 is 1. The maximum atomic E-state index is 6.41. The van der Waals surface area contributed by atoms with Crippen LogP contribution in [0.2, 0.25) is 5.02 Å². The van der Waals surface area contributed by atoms with Gasteiger partial charge in [-0.2, -0.15) is 11.8 Å². The van der Waals surface area contributed by atoms with E-state index in [-0.39, 0.29) is 0 Å². The minimum Gasteiger partial charge on any atom is -0.383 e. The number of hydrogen-bond acceptors (Lipinski definition) is 4. The third kappa shape index (κ3) is 4.29. The fraction of sp³-hybridized carbons (Fsp3) is 0.600. The van der Waals surface area contributed by atoms with Crippen LogP contribution in [0.4, 0.5) is 5.69 Å². The van der Waals surface area contributed by atoms with Gasteiger partial charge in [-0.15, -0.1) is 0 Å². The summed E-state index contributed by atoms with van der Waals surface area (Å²) in [7, 11) is 1.71. The lowest BCUT2D eigenvalue weighted by molar-refractivity contribution is 0.199. The molecule has 0 amide bonds. The van der Waals surface area contributed by atoms with Crippen LogP contribution in [0.1, 0.15) is 12.5 Å². The van der Waals surface area contributed by atoms with E-state index in [4.69, 9.17) is 16.3 Å². The molecule has 0 radical (unpaired) electrons. The van der Waals surface area contributed by atoms with Gasteiger partial charge in [0.15, 0.2) is 0 Å². The normalized spacial score (nSPS) is 19.4. The first-order valence-electron chi connectivity index (χ1n) is 7.05. The highest BCUT2D eigenvalue weighted by Gasteiger charge is 2.19. The maximum Gasteiger partial charge on any atom is 0.0587 e. The van der Waals surface area contributed by atoms with Crippen molar-refractivity contribution >= 4 is 29.1 Å². The molecular formula is C15H23ClN2OS. The number of hydrogen-bond donors (Lipinski definition) is 1. The fourth-order valence-electron chi connectivity index (χ4n) is 2.37.